The first kappa shape index (κ1) is 14.1. The van der Waals surface area contributed by atoms with Crippen molar-refractivity contribution in [3.8, 4) is 0 Å². The molecule has 1 fully saturated rings. The Bertz CT molecular complexity index is 480. The van der Waals surface area contributed by atoms with Gasteiger partial charge in [-0.3, -0.25) is 4.79 Å². The van der Waals surface area contributed by atoms with E-state index in [0.29, 0.717) is 24.3 Å². The molecule has 1 aliphatic carbocycles. The number of ketones is 1. The van der Waals surface area contributed by atoms with Gasteiger partial charge in [-0.15, -0.1) is 0 Å². The number of hydrogen-bond donors (Lipinski definition) is 1. The second kappa shape index (κ2) is 4.63. The van der Waals surface area contributed by atoms with Crippen LogP contribution in [0.25, 0.3) is 0 Å². The highest BCUT2D eigenvalue weighted by Gasteiger charge is 2.40. The van der Waals surface area contributed by atoms with Gasteiger partial charge in [0.25, 0.3) is 0 Å². The van der Waals surface area contributed by atoms with Crippen LogP contribution < -0.4 is 5.73 Å². The van der Waals surface area contributed by atoms with Crippen molar-refractivity contribution in [2.75, 3.05) is 0 Å². The van der Waals surface area contributed by atoms with Gasteiger partial charge >= 0.3 is 6.18 Å². The third-order valence-electron chi connectivity index (χ3n) is 3.76. The number of carbonyl (C=O) groups excluding carboxylic acids is 1. The van der Waals surface area contributed by atoms with Gasteiger partial charge in [0.15, 0.2) is 5.78 Å². The van der Waals surface area contributed by atoms with Gasteiger partial charge in [-0.2, -0.15) is 13.2 Å². The number of halogens is 3. The van der Waals surface area contributed by atoms with Crippen LogP contribution in [0.2, 0.25) is 0 Å². The third-order valence-corrected chi connectivity index (χ3v) is 3.76. The molecule has 2 N–H and O–H groups in total. The van der Waals surface area contributed by atoms with Gasteiger partial charge in [0.1, 0.15) is 5.54 Å². The average molecular weight is 271 g/mol. The van der Waals surface area contributed by atoms with Crippen molar-refractivity contribution in [3.63, 3.8) is 0 Å². The molecule has 2 nitrogen and oxygen atoms in total. The lowest BCUT2D eigenvalue weighted by atomic mass is 9.72. The minimum atomic E-state index is -4.37. The number of rotatable bonds is 1. The van der Waals surface area contributed by atoms with E-state index < -0.39 is 17.3 Å². The summed E-state index contributed by atoms with van der Waals surface area (Å²) < 4.78 is 37.5. The summed E-state index contributed by atoms with van der Waals surface area (Å²) in [6, 6.07) is 4.60. The molecule has 1 saturated carbocycles. The Morgan fingerprint density at radius 3 is 2.37 bits per heavy atom. The van der Waals surface area contributed by atoms with Crippen LogP contribution in [0.1, 0.15) is 37.3 Å². The minimum absolute atomic E-state index is 0.0923. The number of benzene rings is 1. The van der Waals surface area contributed by atoms with Crippen molar-refractivity contribution in [3.05, 3.63) is 35.4 Å². The zero-order valence-corrected chi connectivity index (χ0v) is 10.6. The quantitative estimate of drug-likeness (QED) is 0.852. The summed E-state index contributed by atoms with van der Waals surface area (Å²) in [6.45, 7) is 2.00. The standard InChI is InChI=1S/C14H16F3NO/c1-9-2-7-12(19)13(18,8-9)10-3-5-11(6-4-10)14(15,16)17/h3-6,9H,2,7-8,18H2,1H3. The summed E-state index contributed by atoms with van der Waals surface area (Å²) in [5, 5.41) is 0. The second-order valence-electron chi connectivity index (χ2n) is 5.32. The van der Waals surface area contributed by atoms with Gasteiger partial charge in [-0.1, -0.05) is 19.1 Å². The van der Waals surface area contributed by atoms with Crippen molar-refractivity contribution in [1.82, 2.24) is 0 Å². The van der Waals surface area contributed by atoms with E-state index in [1.807, 2.05) is 6.92 Å². The molecule has 2 unspecified atom stereocenters. The second-order valence-corrected chi connectivity index (χ2v) is 5.32. The molecule has 0 saturated heterocycles. The maximum Gasteiger partial charge on any atom is 0.416 e. The molecular weight excluding hydrogens is 255 g/mol. The van der Waals surface area contributed by atoms with Crippen molar-refractivity contribution >= 4 is 5.78 Å². The van der Waals surface area contributed by atoms with E-state index in [1.54, 1.807) is 0 Å². The van der Waals surface area contributed by atoms with E-state index in [1.165, 1.54) is 12.1 Å². The molecule has 0 amide bonds. The smallest absolute Gasteiger partial charge is 0.315 e. The van der Waals surface area contributed by atoms with Gasteiger partial charge in [-0.25, -0.2) is 0 Å². The minimum Gasteiger partial charge on any atom is -0.315 e. The highest BCUT2D eigenvalue weighted by molar-refractivity contribution is 5.90. The van der Waals surface area contributed by atoms with E-state index in [9.17, 15) is 18.0 Å². The number of Topliss-reactive ketones (excluding diaryl/α,β-unsaturated/α-hetero) is 1. The van der Waals surface area contributed by atoms with Crippen LogP contribution in [0.5, 0.6) is 0 Å². The Hall–Kier alpha value is -1.36. The van der Waals surface area contributed by atoms with E-state index >= 15 is 0 Å². The molecule has 1 aromatic rings. The van der Waals surface area contributed by atoms with Crippen molar-refractivity contribution < 1.29 is 18.0 Å². The molecule has 2 atom stereocenters. The predicted octanol–water partition coefficient (Wildman–Crippen LogP) is 3.25. The molecule has 1 aliphatic rings. The molecule has 0 spiro atoms. The summed E-state index contributed by atoms with van der Waals surface area (Å²) in [7, 11) is 0. The van der Waals surface area contributed by atoms with E-state index in [-0.39, 0.29) is 5.78 Å². The van der Waals surface area contributed by atoms with Crippen LogP contribution in [0, 0.1) is 5.92 Å². The molecular formula is C14H16F3NO. The van der Waals surface area contributed by atoms with Crippen LogP contribution in [0.3, 0.4) is 0 Å². The molecule has 2 rings (SSSR count). The summed E-state index contributed by atoms with van der Waals surface area (Å²) in [5.74, 6) is 0.204. The predicted molar refractivity (Wildman–Crippen MR) is 65.3 cm³/mol. The summed E-state index contributed by atoms with van der Waals surface area (Å²) in [4.78, 5) is 12.0. The van der Waals surface area contributed by atoms with Crippen LogP contribution in [-0.4, -0.2) is 5.78 Å². The SMILES string of the molecule is CC1CCC(=O)C(N)(c2ccc(C(F)(F)F)cc2)C1. The number of carbonyl (C=O) groups is 1. The zero-order valence-electron chi connectivity index (χ0n) is 10.6. The molecule has 0 bridgehead atoms. The van der Waals surface area contributed by atoms with Crippen molar-refractivity contribution in [1.29, 1.82) is 0 Å². The monoisotopic (exact) mass is 271 g/mol. The molecule has 1 aromatic carbocycles. The van der Waals surface area contributed by atoms with Gasteiger partial charge in [-0.05, 0) is 36.5 Å². The molecule has 104 valence electrons. The van der Waals surface area contributed by atoms with Crippen molar-refractivity contribution in [2.24, 2.45) is 11.7 Å². The zero-order chi connectivity index (χ0) is 14.3. The molecule has 5 heteroatoms. The van der Waals surface area contributed by atoms with Gasteiger partial charge in [0.05, 0.1) is 5.56 Å². The Morgan fingerprint density at radius 1 is 1.26 bits per heavy atom. The Kier molecular flexibility index (Phi) is 3.43. The Labute approximate surface area is 109 Å². The molecule has 0 radical (unpaired) electrons. The number of hydrogen-bond acceptors (Lipinski definition) is 2. The third kappa shape index (κ3) is 2.66. The highest BCUT2D eigenvalue weighted by Crippen LogP contribution is 2.37. The first-order valence-electron chi connectivity index (χ1n) is 6.23. The summed E-state index contributed by atoms with van der Waals surface area (Å²) in [6.07, 6.45) is -2.71. The number of alkyl halides is 3. The maximum absolute atomic E-state index is 12.5. The largest absolute Gasteiger partial charge is 0.416 e. The fourth-order valence-electron chi connectivity index (χ4n) is 2.60. The van der Waals surface area contributed by atoms with Crippen LogP contribution in [0.15, 0.2) is 24.3 Å². The first-order chi connectivity index (χ1) is 8.73. The summed E-state index contributed by atoms with van der Waals surface area (Å²) >= 11 is 0. The maximum atomic E-state index is 12.5. The first-order valence-corrected chi connectivity index (χ1v) is 6.23. The molecule has 0 aliphatic heterocycles. The van der Waals surface area contributed by atoms with E-state index in [4.69, 9.17) is 5.73 Å². The van der Waals surface area contributed by atoms with Crippen LogP contribution >= 0.6 is 0 Å². The Morgan fingerprint density at radius 2 is 1.84 bits per heavy atom. The van der Waals surface area contributed by atoms with Crippen molar-refractivity contribution in [2.45, 2.75) is 37.9 Å². The highest BCUT2D eigenvalue weighted by atomic mass is 19.4. The normalized spacial score (nSPS) is 28.5. The van der Waals surface area contributed by atoms with Gasteiger partial charge in [0.2, 0.25) is 0 Å². The van der Waals surface area contributed by atoms with Crippen LogP contribution in [0.4, 0.5) is 13.2 Å². The van der Waals surface area contributed by atoms with Gasteiger partial charge in [0, 0.05) is 6.42 Å². The molecule has 19 heavy (non-hydrogen) atoms. The molecule has 0 heterocycles. The molecule has 0 aromatic heterocycles. The lowest BCUT2D eigenvalue weighted by molar-refractivity contribution is -0.137. The van der Waals surface area contributed by atoms with E-state index in [2.05, 4.69) is 0 Å². The van der Waals surface area contributed by atoms with Crippen LogP contribution in [-0.2, 0) is 16.5 Å². The van der Waals surface area contributed by atoms with Gasteiger partial charge < -0.3 is 5.73 Å². The lowest BCUT2D eigenvalue weighted by Crippen LogP contribution is -2.48. The summed E-state index contributed by atoms with van der Waals surface area (Å²) in [5.41, 5.74) is 4.75. The fourth-order valence-corrected chi connectivity index (χ4v) is 2.60. The number of nitrogens with two attached hydrogens (primary N) is 1. The topological polar surface area (TPSA) is 43.1 Å². The lowest BCUT2D eigenvalue weighted by Gasteiger charge is -2.35. The Balaban J connectivity index is 2.33. The van der Waals surface area contributed by atoms with E-state index in [0.717, 1.165) is 18.6 Å². The fraction of sp³-hybridized carbons (Fsp3) is 0.500. The average Bonchev–Trinajstić information content (AvgIpc) is 2.33.